The average Bonchev–Trinajstić information content (AvgIpc) is 2.35. The van der Waals surface area contributed by atoms with Gasteiger partial charge in [0, 0.05) is 44.0 Å². The number of rotatable bonds is 4. The Morgan fingerprint density at radius 3 is 2.61 bits per heavy atom. The number of nitrogens with zero attached hydrogens (tertiary/aromatic N) is 2. The van der Waals surface area contributed by atoms with Crippen LogP contribution in [-0.2, 0) is 53.6 Å². The number of aliphatic hydroxyl groups is 1. The summed E-state index contributed by atoms with van der Waals surface area (Å²) in [5.41, 5.74) is 1.53. The molecule has 95 valence electrons. The number of aryl methyl sites for hydroxylation is 1. The van der Waals surface area contributed by atoms with Crippen molar-refractivity contribution in [2.24, 2.45) is 0 Å². The standard InChI is InChI=1S/C11H14N2O4.Y/c1-7-10(9(4-14)13-6-12-7)8(5-16-2)11(15)17-3;/h5-6,14H,4H2,1-3H3;/b8-5-;. The van der Waals surface area contributed by atoms with Crippen LogP contribution in [0.25, 0.3) is 5.57 Å². The van der Waals surface area contributed by atoms with E-state index in [4.69, 9.17) is 4.74 Å². The van der Waals surface area contributed by atoms with Gasteiger partial charge in [-0.15, -0.1) is 0 Å². The van der Waals surface area contributed by atoms with Gasteiger partial charge in [-0.3, -0.25) is 0 Å². The molecule has 6 nitrogen and oxygen atoms in total. The van der Waals surface area contributed by atoms with Crippen molar-refractivity contribution in [3.63, 3.8) is 0 Å². The van der Waals surface area contributed by atoms with Gasteiger partial charge in [0.1, 0.15) is 11.9 Å². The number of hydrogen-bond donors (Lipinski definition) is 1. The average molecular weight is 327 g/mol. The quantitative estimate of drug-likeness (QED) is 0.491. The van der Waals surface area contributed by atoms with E-state index in [1.807, 2.05) is 0 Å². The van der Waals surface area contributed by atoms with Crippen LogP contribution < -0.4 is 0 Å². The van der Waals surface area contributed by atoms with Crippen LogP contribution in [0.15, 0.2) is 12.6 Å². The summed E-state index contributed by atoms with van der Waals surface area (Å²) in [4.78, 5) is 19.5. The first-order chi connectivity index (χ1) is 8.15. The fourth-order valence-electron chi connectivity index (χ4n) is 1.43. The van der Waals surface area contributed by atoms with Gasteiger partial charge < -0.3 is 14.6 Å². The van der Waals surface area contributed by atoms with Crippen LogP contribution in [0, 0.1) is 6.92 Å². The van der Waals surface area contributed by atoms with E-state index in [1.165, 1.54) is 26.8 Å². The molecule has 1 aromatic rings. The summed E-state index contributed by atoms with van der Waals surface area (Å²) in [6, 6.07) is 0. The van der Waals surface area contributed by atoms with E-state index < -0.39 is 5.97 Å². The van der Waals surface area contributed by atoms with Crippen LogP contribution in [0.4, 0.5) is 0 Å². The van der Waals surface area contributed by atoms with E-state index in [1.54, 1.807) is 6.92 Å². The SMILES string of the molecule is CO/C=C(\C(=O)OC)c1c(C)ncnc1CO.[Y]. The molecule has 1 radical (unpaired) electrons. The smallest absolute Gasteiger partial charge is 0.341 e. The first-order valence-electron chi connectivity index (χ1n) is 4.88. The summed E-state index contributed by atoms with van der Waals surface area (Å²) in [5, 5.41) is 9.20. The van der Waals surface area contributed by atoms with Gasteiger partial charge in [-0.05, 0) is 6.92 Å². The van der Waals surface area contributed by atoms with Gasteiger partial charge in [-0.25, -0.2) is 14.8 Å². The Morgan fingerprint density at radius 2 is 2.11 bits per heavy atom. The van der Waals surface area contributed by atoms with Crippen molar-refractivity contribution in [2.75, 3.05) is 14.2 Å². The summed E-state index contributed by atoms with van der Waals surface area (Å²) < 4.78 is 9.49. The van der Waals surface area contributed by atoms with E-state index in [0.717, 1.165) is 0 Å². The largest absolute Gasteiger partial charge is 0.503 e. The van der Waals surface area contributed by atoms with Crippen LogP contribution in [0.2, 0.25) is 0 Å². The molecule has 18 heavy (non-hydrogen) atoms. The molecule has 0 aliphatic carbocycles. The molecular weight excluding hydrogens is 313 g/mol. The van der Waals surface area contributed by atoms with Crippen molar-refractivity contribution in [3.8, 4) is 0 Å². The summed E-state index contributed by atoms with van der Waals surface area (Å²) in [7, 11) is 2.68. The number of aliphatic hydroxyl groups excluding tert-OH is 1. The molecule has 0 amide bonds. The maximum atomic E-state index is 11.6. The second-order valence-electron chi connectivity index (χ2n) is 3.20. The third-order valence-electron chi connectivity index (χ3n) is 2.18. The van der Waals surface area contributed by atoms with Gasteiger partial charge in [0.25, 0.3) is 0 Å². The third-order valence-corrected chi connectivity index (χ3v) is 2.18. The first-order valence-corrected chi connectivity index (χ1v) is 4.88. The Hall–Kier alpha value is -0.846. The fraction of sp³-hybridized carbons (Fsp3) is 0.364. The molecule has 0 aromatic carbocycles. The number of carbonyl (C=O) groups excluding carboxylic acids is 1. The predicted molar refractivity (Wildman–Crippen MR) is 59.7 cm³/mol. The second kappa shape index (κ2) is 8.29. The molecule has 0 bridgehead atoms. The molecule has 0 spiro atoms. The van der Waals surface area contributed by atoms with Crippen molar-refractivity contribution < 1.29 is 52.1 Å². The van der Waals surface area contributed by atoms with E-state index in [9.17, 15) is 9.90 Å². The van der Waals surface area contributed by atoms with Crippen molar-refractivity contribution in [2.45, 2.75) is 13.5 Å². The van der Waals surface area contributed by atoms with Crippen molar-refractivity contribution in [1.82, 2.24) is 9.97 Å². The van der Waals surface area contributed by atoms with E-state index in [0.29, 0.717) is 17.0 Å². The van der Waals surface area contributed by atoms with Gasteiger partial charge in [0.05, 0.1) is 32.8 Å². The Balaban J connectivity index is 0.00000289. The number of aromatic nitrogens is 2. The van der Waals surface area contributed by atoms with Gasteiger partial charge >= 0.3 is 5.97 Å². The summed E-state index contributed by atoms with van der Waals surface area (Å²) in [5.74, 6) is -0.570. The molecule has 1 heterocycles. The van der Waals surface area contributed by atoms with Crippen LogP contribution >= 0.6 is 0 Å². The number of hydrogen-bond acceptors (Lipinski definition) is 6. The van der Waals surface area contributed by atoms with E-state index in [-0.39, 0.29) is 44.9 Å². The molecule has 1 N–H and O–H groups in total. The van der Waals surface area contributed by atoms with Crippen molar-refractivity contribution >= 4 is 11.5 Å². The molecule has 0 saturated heterocycles. The Kier molecular flexibility index (Phi) is 7.90. The first kappa shape index (κ1) is 17.2. The zero-order valence-electron chi connectivity index (χ0n) is 10.5. The maximum absolute atomic E-state index is 11.6. The molecule has 1 aromatic heterocycles. The predicted octanol–water partition coefficient (Wildman–Crippen LogP) is 0.435. The van der Waals surface area contributed by atoms with Gasteiger partial charge in [0.2, 0.25) is 0 Å². The normalized spacial score (nSPS) is 10.6. The van der Waals surface area contributed by atoms with Crippen LogP contribution in [0.1, 0.15) is 17.0 Å². The molecule has 0 atom stereocenters. The van der Waals surface area contributed by atoms with E-state index >= 15 is 0 Å². The minimum Gasteiger partial charge on any atom is -0.503 e. The number of esters is 1. The number of methoxy groups -OCH3 is 2. The van der Waals surface area contributed by atoms with Gasteiger partial charge in [-0.2, -0.15) is 0 Å². The monoisotopic (exact) mass is 327 g/mol. The summed E-state index contributed by atoms with van der Waals surface area (Å²) in [6.45, 7) is 1.42. The minimum atomic E-state index is -0.570. The summed E-state index contributed by atoms with van der Waals surface area (Å²) >= 11 is 0. The molecule has 0 aliphatic heterocycles. The number of ether oxygens (including phenoxy) is 2. The Labute approximate surface area is 130 Å². The van der Waals surface area contributed by atoms with Crippen molar-refractivity contribution in [3.05, 3.63) is 29.5 Å². The minimum absolute atomic E-state index is 0. The zero-order chi connectivity index (χ0) is 12.8. The molecule has 1 rings (SSSR count). The van der Waals surface area contributed by atoms with Gasteiger partial charge in [0.15, 0.2) is 0 Å². The molecule has 0 saturated carbocycles. The maximum Gasteiger partial charge on any atom is 0.341 e. The van der Waals surface area contributed by atoms with Crippen molar-refractivity contribution in [1.29, 1.82) is 0 Å². The zero-order valence-corrected chi connectivity index (χ0v) is 13.3. The Bertz CT molecular complexity index is 449. The number of carbonyl (C=O) groups is 1. The molecule has 7 heteroatoms. The van der Waals surface area contributed by atoms with Crippen LogP contribution in [0.5, 0.6) is 0 Å². The summed E-state index contributed by atoms with van der Waals surface area (Å²) in [6.07, 6.45) is 2.57. The molecule has 0 aliphatic rings. The van der Waals surface area contributed by atoms with Crippen LogP contribution in [-0.4, -0.2) is 35.3 Å². The topological polar surface area (TPSA) is 81.5 Å². The fourth-order valence-corrected chi connectivity index (χ4v) is 1.43. The third kappa shape index (κ3) is 3.83. The molecule has 0 unspecified atom stereocenters. The Morgan fingerprint density at radius 1 is 1.44 bits per heavy atom. The van der Waals surface area contributed by atoms with E-state index in [2.05, 4.69) is 14.7 Å². The second-order valence-corrected chi connectivity index (χ2v) is 3.20. The molecular formula is C11H14N2O4Y. The van der Waals surface area contributed by atoms with Gasteiger partial charge in [-0.1, -0.05) is 0 Å². The van der Waals surface area contributed by atoms with Crippen LogP contribution in [0.3, 0.4) is 0 Å². The molecule has 0 fully saturated rings.